The minimum Gasteiger partial charge on any atom is -0.477 e. The lowest BCUT2D eigenvalue weighted by atomic mass is 9.62. The fourth-order valence-electron chi connectivity index (χ4n) is 4.60. The second-order valence-electron chi connectivity index (χ2n) is 6.95. The number of carbonyl (C=O) groups is 2. The van der Waals surface area contributed by atoms with Crippen LogP contribution in [0.25, 0.3) is 5.57 Å². The van der Waals surface area contributed by atoms with E-state index in [1.54, 1.807) is 13.8 Å². The number of β-lactam (4-membered cyclic amide) rings is 1. The van der Waals surface area contributed by atoms with Gasteiger partial charge in [0.25, 0.3) is 0 Å². The normalized spacial score (nSPS) is 32.8. The Morgan fingerprint density at radius 1 is 1.39 bits per heavy atom. The first-order valence-corrected chi connectivity index (χ1v) is 7.96. The first-order valence-electron chi connectivity index (χ1n) is 7.96. The van der Waals surface area contributed by atoms with Crippen LogP contribution in [0.4, 0.5) is 0 Å². The van der Waals surface area contributed by atoms with E-state index in [2.05, 4.69) is 0 Å². The average molecular weight is 313 g/mol. The van der Waals surface area contributed by atoms with Gasteiger partial charge in [0.05, 0.1) is 17.6 Å². The van der Waals surface area contributed by atoms with E-state index < -0.39 is 17.5 Å². The number of carboxylic acids is 1. The van der Waals surface area contributed by atoms with Crippen molar-refractivity contribution in [2.75, 3.05) is 0 Å². The van der Waals surface area contributed by atoms with E-state index in [9.17, 15) is 19.8 Å². The Morgan fingerprint density at radius 3 is 2.74 bits per heavy atom. The van der Waals surface area contributed by atoms with E-state index in [1.165, 1.54) is 4.90 Å². The van der Waals surface area contributed by atoms with Crippen LogP contribution in [0.3, 0.4) is 0 Å². The molecule has 0 bridgehead atoms. The summed E-state index contributed by atoms with van der Waals surface area (Å²) in [5.74, 6) is -1.37. The molecular weight excluding hydrogens is 294 g/mol. The van der Waals surface area contributed by atoms with Crippen LogP contribution in [-0.4, -0.2) is 39.1 Å². The average Bonchev–Trinajstić information content (AvgIpc) is 2.86. The molecule has 2 N–H and O–H groups in total. The lowest BCUT2D eigenvalue weighted by molar-refractivity contribution is -0.181. The van der Waals surface area contributed by atoms with Crippen LogP contribution < -0.4 is 0 Å². The first-order chi connectivity index (χ1) is 10.9. The fraction of sp³-hybridized carbons (Fsp3) is 0.444. The summed E-state index contributed by atoms with van der Waals surface area (Å²) in [6.07, 6.45) is 0.869. The minimum atomic E-state index is -1.06. The van der Waals surface area contributed by atoms with Gasteiger partial charge in [-0.25, -0.2) is 4.79 Å². The Kier molecular flexibility index (Phi) is 2.79. The molecule has 5 nitrogen and oxygen atoms in total. The van der Waals surface area contributed by atoms with Crippen molar-refractivity contribution in [2.45, 2.75) is 38.8 Å². The number of carbonyl (C=O) groups excluding carboxylic acids is 1. The smallest absolute Gasteiger partial charge is 0.352 e. The molecule has 0 saturated carbocycles. The first kappa shape index (κ1) is 14.5. The number of aryl methyl sites for hydroxylation is 1. The van der Waals surface area contributed by atoms with Gasteiger partial charge in [0.15, 0.2) is 0 Å². The number of amides is 1. The monoisotopic (exact) mass is 313 g/mol. The second kappa shape index (κ2) is 4.45. The molecule has 1 saturated heterocycles. The Bertz CT molecular complexity index is 766. The van der Waals surface area contributed by atoms with Crippen LogP contribution in [0, 0.1) is 11.3 Å². The largest absolute Gasteiger partial charge is 0.477 e. The summed E-state index contributed by atoms with van der Waals surface area (Å²) in [6, 6.07) is 7.55. The van der Waals surface area contributed by atoms with Crippen LogP contribution in [0.15, 0.2) is 30.0 Å². The van der Waals surface area contributed by atoms with Crippen LogP contribution >= 0.6 is 0 Å². The summed E-state index contributed by atoms with van der Waals surface area (Å²) in [6.45, 7) is 3.37. The Morgan fingerprint density at radius 2 is 2.09 bits per heavy atom. The van der Waals surface area contributed by atoms with Crippen molar-refractivity contribution in [2.24, 2.45) is 11.3 Å². The molecular formula is C18H19NO4. The number of benzene rings is 1. The topological polar surface area (TPSA) is 77.8 Å². The number of fused-ring (bicyclic) bond motifs is 5. The summed E-state index contributed by atoms with van der Waals surface area (Å²) in [5, 5.41) is 19.9. The quantitative estimate of drug-likeness (QED) is 0.814. The van der Waals surface area contributed by atoms with Gasteiger partial charge in [0, 0.05) is 5.92 Å². The molecule has 0 unspecified atom stereocenters. The van der Waals surface area contributed by atoms with Crippen molar-refractivity contribution in [1.82, 2.24) is 4.90 Å². The molecule has 1 fully saturated rings. The van der Waals surface area contributed by atoms with E-state index in [1.807, 2.05) is 24.3 Å². The molecule has 23 heavy (non-hydrogen) atoms. The van der Waals surface area contributed by atoms with Gasteiger partial charge < -0.3 is 15.1 Å². The highest BCUT2D eigenvalue weighted by Gasteiger charge is 2.68. The van der Waals surface area contributed by atoms with Gasteiger partial charge in [0.1, 0.15) is 5.70 Å². The third-order valence-corrected chi connectivity index (χ3v) is 5.92. The molecule has 1 aliphatic carbocycles. The third kappa shape index (κ3) is 1.55. The number of aliphatic hydroxyl groups is 1. The predicted octanol–water partition coefficient (Wildman–Crippen LogP) is 1.66. The van der Waals surface area contributed by atoms with Crippen LogP contribution in [0.2, 0.25) is 0 Å². The highest BCUT2D eigenvalue weighted by molar-refractivity contribution is 6.08. The number of rotatable bonds is 2. The van der Waals surface area contributed by atoms with Crippen molar-refractivity contribution in [3.63, 3.8) is 0 Å². The zero-order valence-electron chi connectivity index (χ0n) is 13.1. The predicted molar refractivity (Wildman–Crippen MR) is 83.2 cm³/mol. The van der Waals surface area contributed by atoms with Crippen molar-refractivity contribution in [1.29, 1.82) is 0 Å². The van der Waals surface area contributed by atoms with Gasteiger partial charge in [-0.15, -0.1) is 0 Å². The van der Waals surface area contributed by atoms with Gasteiger partial charge in [-0.1, -0.05) is 24.3 Å². The number of aliphatic carboxylic acids is 1. The Hall–Kier alpha value is -2.14. The van der Waals surface area contributed by atoms with Crippen LogP contribution in [-0.2, 0) is 16.0 Å². The third-order valence-electron chi connectivity index (χ3n) is 5.92. The highest BCUT2D eigenvalue weighted by atomic mass is 16.4. The molecule has 3 aliphatic rings. The van der Waals surface area contributed by atoms with Crippen molar-refractivity contribution >= 4 is 17.4 Å². The molecule has 1 aromatic rings. The molecule has 4 rings (SSSR count). The SMILES string of the molecule is C[C@@H](O)[C@@]1(C)C(=O)N2C(C(=O)O)=C3c4ccccc4CC[C@@H]3[C@@H]21. The zero-order valence-corrected chi connectivity index (χ0v) is 13.1. The second-order valence-corrected chi connectivity index (χ2v) is 6.95. The van der Waals surface area contributed by atoms with Crippen LogP contribution in [0.1, 0.15) is 31.4 Å². The lowest BCUT2D eigenvalue weighted by Gasteiger charge is -2.55. The maximum atomic E-state index is 12.6. The lowest BCUT2D eigenvalue weighted by Crippen LogP contribution is -2.71. The molecule has 0 aromatic heterocycles. The maximum absolute atomic E-state index is 12.6. The zero-order chi connectivity index (χ0) is 16.5. The fourth-order valence-corrected chi connectivity index (χ4v) is 4.60. The molecule has 2 heterocycles. The van der Waals surface area contributed by atoms with E-state index in [-0.39, 0.29) is 23.6 Å². The summed E-state index contributed by atoms with van der Waals surface area (Å²) in [7, 11) is 0. The molecule has 1 amide bonds. The van der Waals surface area contributed by atoms with E-state index >= 15 is 0 Å². The van der Waals surface area contributed by atoms with E-state index in [0.29, 0.717) is 0 Å². The van der Waals surface area contributed by atoms with Crippen molar-refractivity contribution in [3.8, 4) is 0 Å². The molecule has 0 spiro atoms. The Balaban J connectivity index is 1.92. The molecule has 1 aromatic carbocycles. The molecule has 4 atom stereocenters. The highest BCUT2D eigenvalue weighted by Crippen LogP contribution is 2.59. The summed E-state index contributed by atoms with van der Waals surface area (Å²) in [4.78, 5) is 25.9. The van der Waals surface area contributed by atoms with Gasteiger partial charge in [-0.05, 0) is 43.4 Å². The van der Waals surface area contributed by atoms with Crippen molar-refractivity contribution < 1.29 is 19.8 Å². The number of hydrogen-bond donors (Lipinski definition) is 2. The molecule has 2 aliphatic heterocycles. The van der Waals surface area contributed by atoms with Gasteiger partial charge in [-0.2, -0.15) is 0 Å². The number of aliphatic hydroxyl groups excluding tert-OH is 1. The number of carboxylic acid groups (broad SMARTS) is 1. The van der Waals surface area contributed by atoms with E-state index in [0.717, 1.165) is 29.5 Å². The van der Waals surface area contributed by atoms with Gasteiger partial charge in [-0.3, -0.25) is 4.79 Å². The van der Waals surface area contributed by atoms with Crippen LogP contribution in [0.5, 0.6) is 0 Å². The molecule has 5 heteroatoms. The summed E-state index contributed by atoms with van der Waals surface area (Å²) in [5.41, 5.74) is 2.04. The molecule has 120 valence electrons. The van der Waals surface area contributed by atoms with Crippen molar-refractivity contribution in [3.05, 3.63) is 41.1 Å². The van der Waals surface area contributed by atoms with E-state index in [4.69, 9.17) is 0 Å². The molecule has 0 radical (unpaired) electrons. The summed E-state index contributed by atoms with van der Waals surface area (Å²) >= 11 is 0. The minimum absolute atomic E-state index is 0.0201. The maximum Gasteiger partial charge on any atom is 0.352 e. The summed E-state index contributed by atoms with van der Waals surface area (Å²) < 4.78 is 0. The number of nitrogens with zero attached hydrogens (tertiary/aromatic N) is 1. The number of hydrogen-bond acceptors (Lipinski definition) is 3. The Labute approximate surface area is 134 Å². The van der Waals surface area contributed by atoms with Gasteiger partial charge in [0.2, 0.25) is 5.91 Å². The standard InChI is InChI=1S/C18H19NO4/c1-9(20)18(2)15-12-8-7-10-5-3-4-6-11(10)13(12)14(16(21)22)19(15)17(18)23/h3-6,9,12,15,20H,7-8H2,1-2H3,(H,21,22)/t9-,12+,15-,18-/m1/s1. The van der Waals surface area contributed by atoms with Gasteiger partial charge >= 0.3 is 5.97 Å².